The van der Waals surface area contributed by atoms with Gasteiger partial charge in [0.2, 0.25) is 0 Å². The summed E-state index contributed by atoms with van der Waals surface area (Å²) in [7, 11) is 0. The predicted molar refractivity (Wildman–Crippen MR) is 66.0 cm³/mol. The Morgan fingerprint density at radius 1 is 1.07 bits per heavy atom. The molecule has 0 heterocycles. The minimum Gasteiger partial charge on any atom is -0.0842 e. The number of benzene rings is 2. The Labute approximate surface area is 93.1 Å². The summed E-state index contributed by atoms with van der Waals surface area (Å²) >= 11 is 3.64. The van der Waals surface area contributed by atoms with Gasteiger partial charge in [0, 0.05) is 4.83 Å². The largest absolute Gasteiger partial charge is 0.0842 e. The molecule has 0 saturated carbocycles. The van der Waals surface area contributed by atoms with E-state index in [-0.39, 0.29) is 0 Å². The third-order valence-corrected chi connectivity index (χ3v) is 3.07. The van der Waals surface area contributed by atoms with Crippen LogP contribution in [0.15, 0.2) is 36.4 Å². The van der Waals surface area contributed by atoms with Crippen LogP contribution in [0.5, 0.6) is 0 Å². The van der Waals surface area contributed by atoms with Crippen molar-refractivity contribution in [3.63, 3.8) is 0 Å². The maximum absolute atomic E-state index is 3.64. The second kappa shape index (κ2) is 3.74. The van der Waals surface area contributed by atoms with E-state index in [2.05, 4.69) is 66.2 Å². The fraction of sp³-hybridized carbons (Fsp3) is 0.231. The highest BCUT2D eigenvalue weighted by Crippen LogP contribution is 2.31. The van der Waals surface area contributed by atoms with Crippen LogP contribution in [-0.2, 0) is 0 Å². The van der Waals surface area contributed by atoms with Crippen molar-refractivity contribution >= 4 is 26.7 Å². The quantitative estimate of drug-likeness (QED) is 0.647. The summed E-state index contributed by atoms with van der Waals surface area (Å²) in [6, 6.07) is 12.9. The summed E-state index contributed by atoms with van der Waals surface area (Å²) in [5.41, 5.74) is 2.73. The summed E-state index contributed by atoms with van der Waals surface area (Å²) in [6.45, 7) is 4.34. The van der Waals surface area contributed by atoms with E-state index in [1.54, 1.807) is 0 Å². The van der Waals surface area contributed by atoms with Gasteiger partial charge >= 0.3 is 0 Å². The normalized spacial score (nSPS) is 13.1. The molecule has 0 aliphatic rings. The van der Waals surface area contributed by atoms with Crippen LogP contribution in [-0.4, -0.2) is 0 Å². The monoisotopic (exact) mass is 248 g/mol. The molecule has 0 bridgehead atoms. The summed E-state index contributed by atoms with van der Waals surface area (Å²) in [5.74, 6) is 0. The Kier molecular flexibility index (Phi) is 2.60. The smallest absolute Gasteiger partial charge is 0.0373 e. The van der Waals surface area contributed by atoms with Gasteiger partial charge in [-0.2, -0.15) is 0 Å². The molecule has 2 rings (SSSR count). The molecule has 72 valence electrons. The standard InChI is InChI=1S/C13H13Br/c1-9-5-3-6-11-7-4-8-12(10(2)14)13(9)11/h3-8,10H,1-2H3. The molecule has 1 unspecified atom stereocenters. The van der Waals surface area contributed by atoms with Crippen molar-refractivity contribution in [3.8, 4) is 0 Å². The van der Waals surface area contributed by atoms with Crippen molar-refractivity contribution in [3.05, 3.63) is 47.5 Å². The summed E-state index contributed by atoms with van der Waals surface area (Å²) in [4.78, 5) is 0.410. The van der Waals surface area contributed by atoms with Crippen molar-refractivity contribution in [1.82, 2.24) is 0 Å². The average molecular weight is 249 g/mol. The molecule has 2 aromatic rings. The molecule has 0 fully saturated rings. The number of alkyl halides is 1. The molecule has 0 aromatic heterocycles. The van der Waals surface area contributed by atoms with Crippen LogP contribution in [0, 0.1) is 6.92 Å². The third kappa shape index (κ3) is 1.57. The van der Waals surface area contributed by atoms with Gasteiger partial charge in [0.15, 0.2) is 0 Å². The van der Waals surface area contributed by atoms with Gasteiger partial charge in [-0.1, -0.05) is 52.3 Å². The second-order valence-corrected chi connectivity index (χ2v) is 5.01. The number of rotatable bonds is 1. The maximum atomic E-state index is 3.64. The first-order valence-electron chi connectivity index (χ1n) is 4.82. The number of halogens is 1. The molecule has 0 saturated heterocycles. The molecular formula is C13H13Br. The fourth-order valence-electron chi connectivity index (χ4n) is 1.89. The van der Waals surface area contributed by atoms with Crippen LogP contribution in [0.1, 0.15) is 22.9 Å². The molecule has 1 heteroatoms. The third-order valence-electron chi connectivity index (χ3n) is 2.57. The van der Waals surface area contributed by atoms with Crippen LogP contribution in [0.4, 0.5) is 0 Å². The van der Waals surface area contributed by atoms with E-state index in [4.69, 9.17) is 0 Å². The lowest BCUT2D eigenvalue weighted by molar-refractivity contribution is 1.14. The molecule has 0 radical (unpaired) electrons. The molecule has 0 nitrogen and oxygen atoms in total. The molecule has 0 amide bonds. The zero-order valence-corrected chi connectivity index (χ0v) is 10.0. The Hall–Kier alpha value is -0.820. The summed E-state index contributed by atoms with van der Waals surface area (Å²) in [5, 5.41) is 2.72. The molecule has 0 aliphatic carbocycles. The lowest BCUT2D eigenvalue weighted by Gasteiger charge is -2.10. The minimum atomic E-state index is 0.410. The van der Waals surface area contributed by atoms with E-state index in [1.807, 2.05) is 0 Å². The van der Waals surface area contributed by atoms with Gasteiger partial charge in [-0.25, -0.2) is 0 Å². The first-order valence-corrected chi connectivity index (χ1v) is 5.74. The number of fused-ring (bicyclic) bond motifs is 1. The van der Waals surface area contributed by atoms with Gasteiger partial charge in [0.25, 0.3) is 0 Å². The number of hydrogen-bond donors (Lipinski definition) is 0. The van der Waals surface area contributed by atoms with E-state index in [0.717, 1.165) is 0 Å². The Bertz CT molecular complexity index is 452. The van der Waals surface area contributed by atoms with E-state index in [9.17, 15) is 0 Å². The number of aryl methyl sites for hydroxylation is 1. The van der Waals surface area contributed by atoms with Crippen LogP contribution < -0.4 is 0 Å². The Balaban J connectivity index is 2.84. The molecule has 0 N–H and O–H groups in total. The van der Waals surface area contributed by atoms with Crippen molar-refractivity contribution in [2.24, 2.45) is 0 Å². The SMILES string of the molecule is Cc1cccc2cccc(C(C)Br)c12. The van der Waals surface area contributed by atoms with Crippen molar-refractivity contribution in [2.45, 2.75) is 18.7 Å². The molecule has 0 spiro atoms. The fourth-order valence-corrected chi connectivity index (χ4v) is 2.28. The average Bonchev–Trinajstić information content (AvgIpc) is 2.17. The van der Waals surface area contributed by atoms with Gasteiger partial charge in [0.05, 0.1) is 0 Å². The van der Waals surface area contributed by atoms with E-state index in [1.165, 1.54) is 21.9 Å². The minimum absolute atomic E-state index is 0.410. The molecule has 1 atom stereocenters. The highest BCUT2D eigenvalue weighted by Gasteiger charge is 2.07. The second-order valence-electron chi connectivity index (χ2n) is 3.64. The van der Waals surface area contributed by atoms with Crippen molar-refractivity contribution < 1.29 is 0 Å². The zero-order chi connectivity index (χ0) is 10.1. The van der Waals surface area contributed by atoms with Gasteiger partial charge < -0.3 is 0 Å². The van der Waals surface area contributed by atoms with Gasteiger partial charge in [-0.05, 0) is 35.7 Å². The van der Waals surface area contributed by atoms with Crippen LogP contribution in [0.25, 0.3) is 10.8 Å². The Morgan fingerprint density at radius 3 is 2.36 bits per heavy atom. The lowest BCUT2D eigenvalue weighted by atomic mass is 9.99. The van der Waals surface area contributed by atoms with Gasteiger partial charge in [-0.15, -0.1) is 0 Å². The molecular weight excluding hydrogens is 236 g/mol. The van der Waals surface area contributed by atoms with Crippen molar-refractivity contribution in [1.29, 1.82) is 0 Å². The molecule has 0 aliphatic heterocycles. The lowest BCUT2D eigenvalue weighted by Crippen LogP contribution is -1.88. The van der Waals surface area contributed by atoms with Gasteiger partial charge in [0.1, 0.15) is 0 Å². The van der Waals surface area contributed by atoms with Crippen LogP contribution in [0.2, 0.25) is 0 Å². The van der Waals surface area contributed by atoms with Gasteiger partial charge in [-0.3, -0.25) is 0 Å². The molecule has 2 aromatic carbocycles. The van der Waals surface area contributed by atoms with Crippen molar-refractivity contribution in [2.75, 3.05) is 0 Å². The summed E-state index contributed by atoms with van der Waals surface area (Å²) in [6.07, 6.45) is 0. The van der Waals surface area contributed by atoms with Crippen LogP contribution in [0.3, 0.4) is 0 Å². The zero-order valence-electron chi connectivity index (χ0n) is 8.42. The van der Waals surface area contributed by atoms with E-state index >= 15 is 0 Å². The maximum Gasteiger partial charge on any atom is 0.0373 e. The van der Waals surface area contributed by atoms with Crippen LogP contribution >= 0.6 is 15.9 Å². The first kappa shape index (κ1) is 9.72. The molecule has 14 heavy (non-hydrogen) atoms. The highest BCUT2D eigenvalue weighted by atomic mass is 79.9. The first-order chi connectivity index (χ1) is 6.70. The topological polar surface area (TPSA) is 0 Å². The van der Waals surface area contributed by atoms with E-state index in [0.29, 0.717) is 4.83 Å². The Morgan fingerprint density at radius 2 is 1.71 bits per heavy atom. The van der Waals surface area contributed by atoms with E-state index < -0.39 is 0 Å². The summed E-state index contributed by atoms with van der Waals surface area (Å²) < 4.78 is 0. The highest BCUT2D eigenvalue weighted by molar-refractivity contribution is 9.09. The predicted octanol–water partition coefficient (Wildman–Crippen LogP) is 4.60. The number of hydrogen-bond acceptors (Lipinski definition) is 0.